The van der Waals surface area contributed by atoms with Crippen LogP contribution in [0.1, 0.15) is 12.5 Å². The van der Waals surface area contributed by atoms with E-state index >= 15 is 0 Å². The molecular weight excluding hydrogens is 414 g/mol. The molecule has 27 heavy (non-hydrogen) atoms. The minimum atomic E-state index is -0.511. The maximum Gasteiger partial charge on any atom is 0.262 e. The van der Waals surface area contributed by atoms with Crippen LogP contribution in [0.4, 0.5) is 5.69 Å². The second-order valence-corrected chi connectivity index (χ2v) is 6.38. The number of ether oxygens (including phenoxy) is 3. The summed E-state index contributed by atoms with van der Waals surface area (Å²) in [5, 5.41) is 7.11. The molecule has 0 aromatic heterocycles. The molecule has 2 aromatic carbocycles. The summed E-state index contributed by atoms with van der Waals surface area (Å²) in [6.45, 7) is 1.74. The molecule has 1 unspecified atom stereocenters. The number of benzene rings is 2. The molecule has 1 atom stereocenters. The molecule has 0 aliphatic carbocycles. The topological polar surface area (TPSA) is 81.2 Å². The van der Waals surface area contributed by atoms with E-state index in [0.29, 0.717) is 22.8 Å². The Balaban J connectivity index is 2.03. The monoisotopic (exact) mass is 435 g/mol. The number of hydrogen-bond donors (Lipinski definition) is 2. The summed E-state index contributed by atoms with van der Waals surface area (Å²) in [6.07, 6.45) is 1.51. The molecule has 0 aliphatic rings. The highest BCUT2D eigenvalue weighted by Gasteiger charge is 2.14. The summed E-state index contributed by atoms with van der Waals surface area (Å²) in [7, 11) is 4.71. The van der Waals surface area contributed by atoms with Gasteiger partial charge in [-0.1, -0.05) is 12.1 Å². The van der Waals surface area contributed by atoms with E-state index in [9.17, 15) is 4.79 Å². The second-order valence-electron chi connectivity index (χ2n) is 5.53. The summed E-state index contributed by atoms with van der Waals surface area (Å²) >= 11 is 3.41. The third-order valence-electron chi connectivity index (χ3n) is 3.75. The van der Waals surface area contributed by atoms with Gasteiger partial charge in [-0.05, 0) is 41.1 Å². The van der Waals surface area contributed by atoms with Crippen molar-refractivity contribution in [1.29, 1.82) is 0 Å². The smallest absolute Gasteiger partial charge is 0.262 e. The van der Waals surface area contributed by atoms with Gasteiger partial charge in [0.05, 0.1) is 37.7 Å². The first-order valence-corrected chi connectivity index (χ1v) is 8.93. The second kappa shape index (κ2) is 9.82. The number of halogens is 1. The number of hydrogen-bond acceptors (Lipinski definition) is 6. The van der Waals surface area contributed by atoms with E-state index in [1.165, 1.54) is 6.21 Å². The van der Waals surface area contributed by atoms with Gasteiger partial charge >= 0.3 is 0 Å². The van der Waals surface area contributed by atoms with Gasteiger partial charge in [0.25, 0.3) is 5.91 Å². The van der Waals surface area contributed by atoms with Gasteiger partial charge in [-0.2, -0.15) is 5.10 Å². The Kier molecular flexibility index (Phi) is 7.48. The molecule has 0 radical (unpaired) electrons. The van der Waals surface area contributed by atoms with Gasteiger partial charge in [-0.3, -0.25) is 4.79 Å². The quantitative estimate of drug-likeness (QED) is 0.490. The van der Waals surface area contributed by atoms with Crippen LogP contribution in [0.2, 0.25) is 0 Å². The standard InChI is InChI=1S/C19H22BrN3O4/c1-12(22-15-7-5-6-8-16(15)25-2)19(24)23-21-11-13-9-14(20)18(27-4)10-17(13)26-3/h5-12,22H,1-4H3,(H,23,24)/b21-11+. The fourth-order valence-electron chi connectivity index (χ4n) is 2.31. The van der Waals surface area contributed by atoms with Gasteiger partial charge in [-0.15, -0.1) is 0 Å². The van der Waals surface area contributed by atoms with E-state index in [4.69, 9.17) is 14.2 Å². The molecule has 0 spiro atoms. The van der Waals surface area contributed by atoms with Crippen molar-refractivity contribution in [3.8, 4) is 17.2 Å². The van der Waals surface area contributed by atoms with Crippen LogP contribution in [0.5, 0.6) is 17.2 Å². The average molecular weight is 436 g/mol. The number of anilines is 1. The van der Waals surface area contributed by atoms with Crippen LogP contribution in [-0.2, 0) is 4.79 Å². The molecule has 0 bridgehead atoms. The van der Waals surface area contributed by atoms with Crippen molar-refractivity contribution in [3.63, 3.8) is 0 Å². The maximum absolute atomic E-state index is 12.3. The Bertz CT molecular complexity index is 827. The molecule has 2 rings (SSSR count). The van der Waals surface area contributed by atoms with E-state index in [0.717, 1.165) is 10.2 Å². The van der Waals surface area contributed by atoms with Gasteiger partial charge in [0, 0.05) is 11.6 Å². The number of para-hydroxylation sites is 2. The minimum absolute atomic E-state index is 0.288. The zero-order chi connectivity index (χ0) is 19.8. The van der Waals surface area contributed by atoms with Crippen molar-refractivity contribution in [2.45, 2.75) is 13.0 Å². The van der Waals surface area contributed by atoms with Crippen LogP contribution in [0.25, 0.3) is 0 Å². The number of carbonyl (C=O) groups excluding carboxylic acids is 1. The van der Waals surface area contributed by atoms with Crippen molar-refractivity contribution in [2.24, 2.45) is 5.10 Å². The molecule has 2 aromatic rings. The van der Waals surface area contributed by atoms with Crippen molar-refractivity contribution in [3.05, 3.63) is 46.4 Å². The van der Waals surface area contributed by atoms with Gasteiger partial charge in [-0.25, -0.2) is 5.43 Å². The highest BCUT2D eigenvalue weighted by molar-refractivity contribution is 9.10. The molecule has 2 N–H and O–H groups in total. The first-order valence-electron chi connectivity index (χ1n) is 8.14. The Labute approximate surface area is 166 Å². The molecule has 0 saturated heterocycles. The lowest BCUT2D eigenvalue weighted by molar-refractivity contribution is -0.121. The molecule has 0 fully saturated rings. The SMILES string of the molecule is COc1cc(OC)c(/C=N/NC(=O)C(C)Nc2ccccc2OC)cc1Br. The van der Waals surface area contributed by atoms with Crippen LogP contribution in [0.15, 0.2) is 46.0 Å². The summed E-state index contributed by atoms with van der Waals surface area (Å²) in [5.74, 6) is 1.59. The maximum atomic E-state index is 12.3. The molecule has 0 aliphatic heterocycles. The Hall–Kier alpha value is -2.74. The summed E-state index contributed by atoms with van der Waals surface area (Å²) in [5.41, 5.74) is 3.93. The zero-order valence-corrected chi connectivity index (χ0v) is 17.2. The highest BCUT2D eigenvalue weighted by Crippen LogP contribution is 2.32. The van der Waals surface area contributed by atoms with E-state index < -0.39 is 6.04 Å². The van der Waals surface area contributed by atoms with Crippen molar-refractivity contribution in [2.75, 3.05) is 26.6 Å². The van der Waals surface area contributed by atoms with Crippen LogP contribution in [0, 0.1) is 0 Å². The molecule has 7 nitrogen and oxygen atoms in total. The first-order chi connectivity index (χ1) is 13.0. The highest BCUT2D eigenvalue weighted by atomic mass is 79.9. The lowest BCUT2D eigenvalue weighted by atomic mass is 10.2. The van der Waals surface area contributed by atoms with Gasteiger partial charge < -0.3 is 19.5 Å². The summed E-state index contributed by atoms with van der Waals surface area (Å²) in [4.78, 5) is 12.3. The van der Waals surface area contributed by atoms with Gasteiger partial charge in [0.15, 0.2) is 0 Å². The van der Waals surface area contributed by atoms with E-state index in [1.807, 2.05) is 24.3 Å². The number of nitrogens with zero attached hydrogens (tertiary/aromatic N) is 1. The molecule has 1 amide bonds. The Morgan fingerprint density at radius 3 is 2.41 bits per heavy atom. The van der Waals surface area contributed by atoms with Crippen LogP contribution in [-0.4, -0.2) is 39.5 Å². The van der Waals surface area contributed by atoms with E-state index in [2.05, 4.69) is 31.8 Å². The number of methoxy groups -OCH3 is 3. The normalized spacial score (nSPS) is 11.7. The number of rotatable bonds is 8. The van der Waals surface area contributed by atoms with Crippen LogP contribution >= 0.6 is 15.9 Å². The number of carbonyl (C=O) groups is 1. The fourth-order valence-corrected chi connectivity index (χ4v) is 2.83. The third kappa shape index (κ3) is 5.37. The van der Waals surface area contributed by atoms with Gasteiger partial charge in [0.1, 0.15) is 23.3 Å². The predicted octanol–water partition coefficient (Wildman–Crippen LogP) is 3.43. The van der Waals surface area contributed by atoms with Crippen molar-refractivity contribution < 1.29 is 19.0 Å². The average Bonchev–Trinajstić information content (AvgIpc) is 2.68. The first kappa shape index (κ1) is 20.6. The van der Waals surface area contributed by atoms with E-state index in [-0.39, 0.29) is 5.91 Å². The lowest BCUT2D eigenvalue weighted by Gasteiger charge is -2.16. The van der Waals surface area contributed by atoms with Crippen molar-refractivity contribution >= 4 is 33.7 Å². The van der Waals surface area contributed by atoms with Crippen LogP contribution < -0.4 is 25.0 Å². The summed E-state index contributed by atoms with van der Waals surface area (Å²) < 4.78 is 16.6. The van der Waals surface area contributed by atoms with Crippen molar-refractivity contribution in [1.82, 2.24) is 5.43 Å². The molecule has 0 saturated carbocycles. The predicted molar refractivity (Wildman–Crippen MR) is 109 cm³/mol. The Morgan fingerprint density at radius 2 is 1.74 bits per heavy atom. The molecule has 0 heterocycles. The number of amides is 1. The minimum Gasteiger partial charge on any atom is -0.496 e. The molecular formula is C19H22BrN3O4. The lowest BCUT2D eigenvalue weighted by Crippen LogP contribution is -2.35. The number of nitrogens with one attached hydrogen (secondary N) is 2. The van der Waals surface area contributed by atoms with Gasteiger partial charge in [0.2, 0.25) is 0 Å². The summed E-state index contributed by atoms with van der Waals surface area (Å²) in [6, 6.07) is 10.4. The molecule has 144 valence electrons. The largest absolute Gasteiger partial charge is 0.496 e. The number of hydrazone groups is 1. The molecule has 8 heteroatoms. The third-order valence-corrected chi connectivity index (χ3v) is 4.37. The fraction of sp³-hybridized carbons (Fsp3) is 0.263. The zero-order valence-electron chi connectivity index (χ0n) is 15.6. The van der Waals surface area contributed by atoms with E-state index in [1.54, 1.807) is 40.4 Å². The Morgan fingerprint density at radius 1 is 1.07 bits per heavy atom. The van der Waals surface area contributed by atoms with Crippen LogP contribution in [0.3, 0.4) is 0 Å².